The lowest BCUT2D eigenvalue weighted by Crippen LogP contribution is -2.06. The van der Waals surface area contributed by atoms with Gasteiger partial charge in [-0.05, 0) is 12.3 Å². The Kier molecular flexibility index (Phi) is 2.84. The van der Waals surface area contributed by atoms with Gasteiger partial charge in [0.1, 0.15) is 0 Å². The van der Waals surface area contributed by atoms with E-state index < -0.39 is 0 Å². The summed E-state index contributed by atoms with van der Waals surface area (Å²) in [6, 6.07) is 0. The van der Waals surface area contributed by atoms with E-state index >= 15 is 0 Å². The van der Waals surface area contributed by atoms with Gasteiger partial charge in [-0.15, -0.1) is 0 Å². The fraction of sp³-hybridized carbons (Fsp3) is 0.667. The molecule has 12 heavy (non-hydrogen) atoms. The van der Waals surface area contributed by atoms with Crippen LogP contribution in [0.1, 0.15) is 38.8 Å². The molecule has 3 heteroatoms. The maximum atomic E-state index is 13.0. The van der Waals surface area contributed by atoms with E-state index in [2.05, 4.69) is 11.3 Å². The Morgan fingerprint density at radius 2 is 2.25 bits per heavy atom. The Morgan fingerprint density at radius 3 is 2.75 bits per heavy atom. The normalized spacial score (nSPS) is 11.1. The molecular formula is C9H14FN2. The summed E-state index contributed by atoms with van der Waals surface area (Å²) in [5, 5.41) is 3.84. The minimum Gasteiger partial charge on any atom is -0.266 e. The Bertz CT molecular complexity index is 253. The molecule has 0 amide bonds. The fourth-order valence-electron chi connectivity index (χ4n) is 1.26. The highest BCUT2D eigenvalue weighted by Crippen LogP contribution is 2.17. The van der Waals surface area contributed by atoms with Crippen molar-refractivity contribution >= 4 is 0 Å². The molecule has 1 heterocycles. The Morgan fingerprint density at radius 1 is 1.58 bits per heavy atom. The summed E-state index contributed by atoms with van der Waals surface area (Å²) in [6.45, 7) is 6.73. The molecule has 0 saturated carbocycles. The van der Waals surface area contributed by atoms with Crippen LogP contribution < -0.4 is 0 Å². The highest BCUT2D eigenvalue weighted by molar-refractivity contribution is 5.07. The number of hydrogen-bond donors (Lipinski definition) is 0. The van der Waals surface area contributed by atoms with Gasteiger partial charge in [0.05, 0.1) is 5.69 Å². The Hall–Kier alpha value is -0.860. The smallest absolute Gasteiger partial charge is 0.174 e. The van der Waals surface area contributed by atoms with Crippen LogP contribution in [0.25, 0.3) is 0 Å². The third-order valence-electron chi connectivity index (χ3n) is 1.75. The van der Waals surface area contributed by atoms with Gasteiger partial charge in [-0.2, -0.15) is 5.10 Å². The van der Waals surface area contributed by atoms with Crippen LogP contribution in [0.2, 0.25) is 0 Å². The van der Waals surface area contributed by atoms with E-state index in [0.717, 1.165) is 13.0 Å². The molecule has 0 aliphatic heterocycles. The average molecular weight is 169 g/mol. The predicted molar refractivity (Wildman–Crippen MR) is 45.4 cm³/mol. The molecule has 2 nitrogen and oxygen atoms in total. The summed E-state index contributed by atoms with van der Waals surface area (Å²) in [6.07, 6.45) is 3.32. The lowest BCUT2D eigenvalue weighted by atomic mass is 10.1. The summed E-state index contributed by atoms with van der Waals surface area (Å²) in [7, 11) is 0. The van der Waals surface area contributed by atoms with Gasteiger partial charge in [-0.1, -0.05) is 20.8 Å². The van der Waals surface area contributed by atoms with E-state index in [1.54, 1.807) is 4.68 Å². The third kappa shape index (κ3) is 1.65. The summed E-state index contributed by atoms with van der Waals surface area (Å²) < 4.78 is 14.7. The van der Waals surface area contributed by atoms with E-state index in [9.17, 15) is 4.39 Å². The SMILES string of the molecule is CCCn1n[c]c(F)c1C(C)C. The minimum absolute atomic E-state index is 0.176. The molecule has 0 atom stereocenters. The van der Waals surface area contributed by atoms with Gasteiger partial charge in [0, 0.05) is 6.54 Å². The van der Waals surface area contributed by atoms with Gasteiger partial charge in [0.2, 0.25) is 0 Å². The van der Waals surface area contributed by atoms with Crippen LogP contribution in [0.3, 0.4) is 0 Å². The zero-order chi connectivity index (χ0) is 9.14. The van der Waals surface area contributed by atoms with E-state index in [0.29, 0.717) is 5.69 Å². The molecule has 0 aliphatic rings. The number of halogens is 1. The van der Waals surface area contributed by atoms with Crippen molar-refractivity contribution in [2.75, 3.05) is 0 Å². The Balaban J connectivity index is 2.95. The van der Waals surface area contributed by atoms with Gasteiger partial charge in [0.25, 0.3) is 0 Å². The Labute approximate surface area is 72.4 Å². The zero-order valence-corrected chi connectivity index (χ0v) is 7.76. The van der Waals surface area contributed by atoms with Gasteiger partial charge in [0.15, 0.2) is 12.0 Å². The second-order valence-corrected chi connectivity index (χ2v) is 3.19. The molecule has 0 fully saturated rings. The van der Waals surface area contributed by atoms with Gasteiger partial charge >= 0.3 is 0 Å². The first-order valence-electron chi connectivity index (χ1n) is 4.30. The summed E-state index contributed by atoms with van der Waals surface area (Å²) in [5.41, 5.74) is 0.664. The largest absolute Gasteiger partial charge is 0.266 e. The molecule has 1 aromatic heterocycles. The van der Waals surface area contributed by atoms with Gasteiger partial charge in [-0.3, -0.25) is 4.68 Å². The van der Waals surface area contributed by atoms with Crippen molar-refractivity contribution in [1.29, 1.82) is 0 Å². The van der Waals surface area contributed by atoms with Crippen molar-refractivity contribution in [3.63, 3.8) is 0 Å². The van der Waals surface area contributed by atoms with E-state index in [-0.39, 0.29) is 11.7 Å². The molecule has 67 valence electrons. The summed E-state index contributed by atoms with van der Waals surface area (Å²) in [5.74, 6) is -0.131. The first-order chi connectivity index (χ1) is 5.66. The van der Waals surface area contributed by atoms with Crippen LogP contribution in [0.4, 0.5) is 4.39 Å². The minimum atomic E-state index is -0.307. The molecule has 0 N–H and O–H groups in total. The van der Waals surface area contributed by atoms with E-state index in [4.69, 9.17) is 0 Å². The molecule has 0 bridgehead atoms. The first kappa shape index (κ1) is 9.23. The first-order valence-corrected chi connectivity index (χ1v) is 4.30. The van der Waals surface area contributed by atoms with Crippen LogP contribution in [-0.2, 0) is 6.54 Å². The maximum Gasteiger partial charge on any atom is 0.174 e. The lowest BCUT2D eigenvalue weighted by Gasteiger charge is -2.08. The third-order valence-corrected chi connectivity index (χ3v) is 1.75. The second kappa shape index (κ2) is 3.70. The number of aryl methyl sites for hydroxylation is 1. The molecule has 0 saturated heterocycles. The monoisotopic (exact) mass is 169 g/mol. The van der Waals surface area contributed by atoms with Crippen LogP contribution in [0, 0.1) is 12.0 Å². The summed E-state index contributed by atoms with van der Waals surface area (Å²) in [4.78, 5) is 0. The molecule has 1 radical (unpaired) electrons. The molecule has 0 unspecified atom stereocenters. The number of nitrogens with zero attached hydrogens (tertiary/aromatic N) is 2. The van der Waals surface area contributed by atoms with Crippen molar-refractivity contribution in [3.05, 3.63) is 17.7 Å². The quantitative estimate of drug-likeness (QED) is 0.679. The second-order valence-electron chi connectivity index (χ2n) is 3.19. The van der Waals surface area contributed by atoms with Gasteiger partial charge < -0.3 is 0 Å². The van der Waals surface area contributed by atoms with Gasteiger partial charge in [-0.25, -0.2) is 4.39 Å². The molecule has 0 spiro atoms. The van der Waals surface area contributed by atoms with Crippen LogP contribution >= 0.6 is 0 Å². The number of aromatic nitrogens is 2. The maximum absolute atomic E-state index is 13.0. The topological polar surface area (TPSA) is 17.8 Å². The summed E-state index contributed by atoms with van der Waals surface area (Å²) >= 11 is 0. The van der Waals surface area contributed by atoms with Crippen molar-refractivity contribution in [3.8, 4) is 0 Å². The van der Waals surface area contributed by atoms with Crippen LogP contribution in [0.5, 0.6) is 0 Å². The van der Waals surface area contributed by atoms with E-state index in [1.807, 2.05) is 20.8 Å². The molecular weight excluding hydrogens is 155 g/mol. The van der Waals surface area contributed by atoms with Crippen molar-refractivity contribution in [2.45, 2.75) is 39.7 Å². The fourth-order valence-corrected chi connectivity index (χ4v) is 1.26. The average Bonchev–Trinajstić information content (AvgIpc) is 2.32. The van der Waals surface area contributed by atoms with Crippen molar-refractivity contribution in [1.82, 2.24) is 9.78 Å². The van der Waals surface area contributed by atoms with Crippen molar-refractivity contribution < 1.29 is 4.39 Å². The zero-order valence-electron chi connectivity index (χ0n) is 7.76. The van der Waals surface area contributed by atoms with Crippen LogP contribution in [0.15, 0.2) is 0 Å². The highest BCUT2D eigenvalue weighted by atomic mass is 19.1. The molecule has 1 rings (SSSR count). The van der Waals surface area contributed by atoms with E-state index in [1.165, 1.54) is 0 Å². The number of hydrogen-bond acceptors (Lipinski definition) is 1. The number of rotatable bonds is 3. The van der Waals surface area contributed by atoms with Crippen LogP contribution in [-0.4, -0.2) is 9.78 Å². The predicted octanol–water partition coefficient (Wildman–Crippen LogP) is 2.36. The molecule has 1 aromatic rings. The highest BCUT2D eigenvalue weighted by Gasteiger charge is 2.13. The molecule has 0 aromatic carbocycles. The lowest BCUT2D eigenvalue weighted by molar-refractivity contribution is 0.530. The van der Waals surface area contributed by atoms with Crippen molar-refractivity contribution in [2.24, 2.45) is 0 Å². The molecule has 0 aliphatic carbocycles. The standard InChI is InChI=1S/C9H14FN2/c1-4-5-12-9(7(2)3)8(10)6-11-12/h7H,4-5H2,1-3H3.